The van der Waals surface area contributed by atoms with Gasteiger partial charge in [-0.3, -0.25) is 9.59 Å². The molecule has 4 aromatic rings. The molecular weight excluding hydrogens is 619 g/mol. The minimum atomic E-state index is -5.69. The molecule has 0 bridgehead atoms. The van der Waals surface area contributed by atoms with E-state index in [-0.39, 0.29) is 32.5 Å². The molecule has 2 aromatic heterocycles. The maximum Gasteiger partial charge on any atom is 0.424 e. The Morgan fingerprint density at radius 1 is 1.20 bits per heavy atom. The number of amides is 2. The van der Waals surface area contributed by atoms with Crippen molar-refractivity contribution in [1.82, 2.24) is 20.1 Å². The molecule has 17 heteroatoms. The fourth-order valence-electron chi connectivity index (χ4n) is 4.88. The molecular formula is C28H22F7N5O5. The maximum absolute atomic E-state index is 16.1. The first kappa shape index (κ1) is 31.5. The smallest absolute Gasteiger partial charge is 0.424 e. The van der Waals surface area contributed by atoms with Crippen molar-refractivity contribution in [3.63, 3.8) is 0 Å². The molecule has 3 heterocycles. The third kappa shape index (κ3) is 5.15. The summed E-state index contributed by atoms with van der Waals surface area (Å²) < 4.78 is 111. The number of ether oxygens (including phenoxy) is 2. The van der Waals surface area contributed by atoms with Gasteiger partial charge in [-0.15, -0.1) is 0 Å². The highest BCUT2D eigenvalue weighted by Gasteiger charge is 2.60. The van der Waals surface area contributed by atoms with Crippen molar-refractivity contribution in [2.75, 3.05) is 20.3 Å². The fourth-order valence-corrected chi connectivity index (χ4v) is 4.88. The second kappa shape index (κ2) is 10.9. The molecule has 5 rings (SSSR count). The van der Waals surface area contributed by atoms with Gasteiger partial charge in [-0.1, -0.05) is 0 Å². The van der Waals surface area contributed by atoms with E-state index in [9.17, 15) is 41.0 Å². The van der Waals surface area contributed by atoms with Crippen molar-refractivity contribution in [1.29, 1.82) is 0 Å². The molecule has 10 nitrogen and oxygen atoms in total. The van der Waals surface area contributed by atoms with Gasteiger partial charge >= 0.3 is 12.7 Å². The van der Waals surface area contributed by atoms with Crippen LogP contribution < -0.4 is 20.5 Å². The molecule has 238 valence electrons. The third-order valence-electron chi connectivity index (χ3n) is 7.45. The quantitative estimate of drug-likeness (QED) is 0.246. The summed E-state index contributed by atoms with van der Waals surface area (Å²) in [5, 5.41) is 16.6. The minimum Gasteiger partial charge on any atom is -0.494 e. The lowest BCUT2D eigenvalue weighted by Gasteiger charge is -2.32. The number of hydrogen-bond donors (Lipinski definition) is 3. The van der Waals surface area contributed by atoms with Crippen LogP contribution in [0.5, 0.6) is 11.5 Å². The Labute approximate surface area is 248 Å². The summed E-state index contributed by atoms with van der Waals surface area (Å²) in [5.41, 5.74) is -4.08. The lowest BCUT2D eigenvalue weighted by Crippen LogP contribution is -2.52. The molecule has 0 saturated heterocycles. The number of carbonyl (C=O) groups is 2. The SMILES string of the molecule is COc1cc(C(=O)NC[C@](O)(c2nc(-c3ccc(F)cc3)c3c(c2F)[C@](C)(C(N)=O)CO3)C(F)(F)F)cc2cn(C(F)F)nc12. The van der Waals surface area contributed by atoms with Crippen LogP contribution in [0.4, 0.5) is 30.7 Å². The normalized spacial score (nSPS) is 17.6. The van der Waals surface area contributed by atoms with Crippen LogP contribution in [0, 0.1) is 11.6 Å². The molecule has 0 aliphatic carbocycles. The predicted molar refractivity (Wildman–Crippen MR) is 141 cm³/mol. The highest BCUT2D eigenvalue weighted by Crippen LogP contribution is 2.49. The van der Waals surface area contributed by atoms with Gasteiger partial charge in [0.25, 0.3) is 5.91 Å². The van der Waals surface area contributed by atoms with Crippen molar-refractivity contribution in [3.8, 4) is 22.8 Å². The number of halogens is 7. The summed E-state index contributed by atoms with van der Waals surface area (Å²) in [7, 11) is 1.14. The van der Waals surface area contributed by atoms with E-state index in [1.807, 2.05) is 5.32 Å². The summed E-state index contributed by atoms with van der Waals surface area (Å²) in [6.45, 7) is -4.21. The highest BCUT2D eigenvalue weighted by molar-refractivity contribution is 6.00. The van der Waals surface area contributed by atoms with Crippen LogP contribution in [0.1, 0.15) is 35.1 Å². The van der Waals surface area contributed by atoms with Gasteiger partial charge in [0.05, 0.1) is 19.2 Å². The predicted octanol–water partition coefficient (Wildman–Crippen LogP) is 4.10. The van der Waals surface area contributed by atoms with Gasteiger partial charge in [-0.05, 0) is 43.3 Å². The van der Waals surface area contributed by atoms with Crippen LogP contribution in [-0.2, 0) is 15.8 Å². The van der Waals surface area contributed by atoms with Crippen LogP contribution >= 0.6 is 0 Å². The van der Waals surface area contributed by atoms with Crippen LogP contribution in [0.3, 0.4) is 0 Å². The Balaban J connectivity index is 1.61. The minimum absolute atomic E-state index is 0.0214. The average molecular weight is 642 g/mol. The first-order chi connectivity index (χ1) is 21.0. The number of benzene rings is 2. The van der Waals surface area contributed by atoms with Gasteiger partial charge in [-0.25, -0.2) is 18.4 Å². The molecule has 1 aliphatic heterocycles. The average Bonchev–Trinajstić information content (AvgIpc) is 3.58. The van der Waals surface area contributed by atoms with Crippen molar-refractivity contribution < 1.29 is 54.9 Å². The number of aliphatic hydroxyl groups is 1. The number of hydrogen-bond acceptors (Lipinski definition) is 7. The summed E-state index contributed by atoms with van der Waals surface area (Å²) in [6, 6.07) is 6.17. The summed E-state index contributed by atoms with van der Waals surface area (Å²) in [4.78, 5) is 29.1. The Hall–Kier alpha value is -4.93. The molecule has 0 radical (unpaired) electrons. The molecule has 2 atom stereocenters. The molecule has 0 spiro atoms. The highest BCUT2D eigenvalue weighted by atomic mass is 19.4. The molecule has 45 heavy (non-hydrogen) atoms. The molecule has 0 saturated carbocycles. The van der Waals surface area contributed by atoms with Crippen LogP contribution in [0.25, 0.3) is 22.2 Å². The number of carbonyl (C=O) groups excluding carboxylic acids is 2. The molecule has 1 aliphatic rings. The molecule has 0 fully saturated rings. The largest absolute Gasteiger partial charge is 0.494 e. The zero-order valence-corrected chi connectivity index (χ0v) is 23.2. The van der Waals surface area contributed by atoms with Crippen molar-refractivity contribution in [2.24, 2.45) is 5.73 Å². The number of nitrogens with one attached hydrogen (secondary N) is 1. The number of rotatable bonds is 8. The Morgan fingerprint density at radius 3 is 2.44 bits per heavy atom. The number of fused-ring (bicyclic) bond motifs is 2. The van der Waals surface area contributed by atoms with Crippen molar-refractivity contribution >= 4 is 22.7 Å². The van der Waals surface area contributed by atoms with E-state index in [1.165, 1.54) is 0 Å². The van der Waals surface area contributed by atoms with Gasteiger partial charge in [0.1, 0.15) is 40.5 Å². The number of pyridine rings is 1. The molecule has 4 N–H and O–H groups in total. The van der Waals surface area contributed by atoms with E-state index in [2.05, 4.69) is 10.1 Å². The summed E-state index contributed by atoms with van der Waals surface area (Å²) >= 11 is 0. The van der Waals surface area contributed by atoms with E-state index < -0.39 is 83.0 Å². The second-order valence-corrected chi connectivity index (χ2v) is 10.4. The molecule has 2 aromatic carbocycles. The molecule has 2 amide bonds. The van der Waals surface area contributed by atoms with Gasteiger partial charge in [0.2, 0.25) is 11.5 Å². The van der Waals surface area contributed by atoms with Crippen LogP contribution in [0.2, 0.25) is 0 Å². The lowest BCUT2D eigenvalue weighted by atomic mass is 9.81. The summed E-state index contributed by atoms with van der Waals surface area (Å²) in [6.07, 6.45) is -4.81. The number of nitrogens with zero attached hydrogens (tertiary/aromatic N) is 3. The zero-order chi connectivity index (χ0) is 33.1. The topological polar surface area (TPSA) is 142 Å². The maximum atomic E-state index is 16.1. The van der Waals surface area contributed by atoms with E-state index >= 15 is 4.39 Å². The van der Waals surface area contributed by atoms with Crippen molar-refractivity contribution in [3.05, 3.63) is 71.1 Å². The van der Waals surface area contributed by atoms with Crippen LogP contribution in [0.15, 0.2) is 42.6 Å². The van der Waals surface area contributed by atoms with Crippen LogP contribution in [-0.4, -0.2) is 58.1 Å². The standard InChI is InChI=1S/C28H22F7N5O5/c1-26(24(36)42)11-45-21-17(26)18(30)22(38-20(21)12-3-5-15(29)6-4-12)27(43,28(33,34)35)10-37-23(41)13-7-14-9-40(25(31)32)39-19(14)16(8-13)44-2/h3-9,25,43H,10-11H2,1-2H3,(H2,36,42)(H,37,41)/t26-,27+/m1/s1. The van der Waals surface area contributed by atoms with E-state index in [1.54, 1.807) is 0 Å². The zero-order valence-electron chi connectivity index (χ0n) is 23.2. The number of methoxy groups -OCH3 is 1. The number of aromatic nitrogens is 3. The Morgan fingerprint density at radius 2 is 1.87 bits per heavy atom. The van der Waals surface area contributed by atoms with Crippen molar-refractivity contribution in [2.45, 2.75) is 30.7 Å². The van der Waals surface area contributed by atoms with Gasteiger partial charge in [0.15, 0.2) is 11.6 Å². The molecule has 0 unspecified atom stereocenters. The van der Waals surface area contributed by atoms with E-state index in [0.29, 0.717) is 0 Å². The lowest BCUT2D eigenvalue weighted by molar-refractivity contribution is -0.266. The first-order valence-electron chi connectivity index (χ1n) is 12.9. The number of primary amides is 1. The van der Waals surface area contributed by atoms with Gasteiger partial charge in [-0.2, -0.15) is 27.1 Å². The fraction of sp³-hybridized carbons (Fsp3) is 0.286. The third-order valence-corrected chi connectivity index (χ3v) is 7.45. The van der Waals surface area contributed by atoms with E-state index in [4.69, 9.17) is 15.2 Å². The first-order valence-corrected chi connectivity index (χ1v) is 12.9. The monoisotopic (exact) mass is 641 g/mol. The Bertz CT molecular complexity index is 1830. The Kier molecular flexibility index (Phi) is 7.63. The van der Waals surface area contributed by atoms with Gasteiger partial charge < -0.3 is 25.6 Å². The number of nitrogens with two attached hydrogens (primary N) is 1. The second-order valence-electron chi connectivity index (χ2n) is 10.4. The van der Waals surface area contributed by atoms with E-state index in [0.717, 1.165) is 56.6 Å². The number of alkyl halides is 5. The van der Waals surface area contributed by atoms with Gasteiger partial charge in [0, 0.05) is 22.7 Å². The summed E-state index contributed by atoms with van der Waals surface area (Å²) in [5.74, 6) is -5.50.